The zero-order chi connectivity index (χ0) is 26.0. The maximum atomic E-state index is 12.8. The molecule has 1 aliphatic carbocycles. The highest BCUT2D eigenvalue weighted by Crippen LogP contribution is 2.46. The van der Waals surface area contributed by atoms with E-state index in [2.05, 4.69) is 5.32 Å². The minimum Gasteiger partial charge on any atom is -0.492 e. The van der Waals surface area contributed by atoms with Gasteiger partial charge < -0.3 is 24.4 Å². The van der Waals surface area contributed by atoms with E-state index in [1.807, 2.05) is 18.0 Å². The van der Waals surface area contributed by atoms with Gasteiger partial charge in [0, 0.05) is 39.3 Å². The lowest BCUT2D eigenvalue weighted by molar-refractivity contribution is -0.134. The number of amides is 4. The van der Waals surface area contributed by atoms with Gasteiger partial charge in [0.15, 0.2) is 16.6 Å². The maximum absolute atomic E-state index is 12.8. The number of thiocarbonyl (C=S) groups is 1. The fourth-order valence-corrected chi connectivity index (χ4v) is 4.94. The number of imide groups is 2. The first-order valence-corrected chi connectivity index (χ1v) is 12.5. The number of likely N-dealkylation sites (N-methyl/N-ethyl adjacent to an activating group) is 3. The fraction of sp³-hybridized carbons (Fsp3) is 0.520. The van der Waals surface area contributed by atoms with E-state index in [9.17, 15) is 14.4 Å². The standard InChI is InChI=1S/C25H32N4O6S/c1-27(24(36)26-16-8-6-5-7-9-16)11-10-15-12-19-21(35-14-34-19)20(33-4)17(15)13-18-22(30)28(2)25(32)29(3)23(18)31/h12-13,16H,5-11,14H2,1-4H3,(H,26,36). The highest BCUT2D eigenvalue weighted by Gasteiger charge is 2.38. The average molecular weight is 517 g/mol. The highest BCUT2D eigenvalue weighted by molar-refractivity contribution is 7.80. The van der Waals surface area contributed by atoms with E-state index in [4.69, 9.17) is 26.4 Å². The van der Waals surface area contributed by atoms with Crippen LogP contribution in [0, 0.1) is 0 Å². The molecular formula is C25H32N4O6S. The molecule has 0 bridgehead atoms. The van der Waals surface area contributed by atoms with Gasteiger partial charge in [0.2, 0.25) is 12.5 Å². The van der Waals surface area contributed by atoms with Crippen LogP contribution < -0.4 is 19.5 Å². The molecule has 4 rings (SSSR count). The van der Waals surface area contributed by atoms with Crippen molar-refractivity contribution in [2.75, 3.05) is 41.6 Å². The summed E-state index contributed by atoms with van der Waals surface area (Å²) in [4.78, 5) is 41.7. The van der Waals surface area contributed by atoms with Gasteiger partial charge in [0.25, 0.3) is 11.8 Å². The molecule has 2 fully saturated rings. The van der Waals surface area contributed by atoms with Gasteiger partial charge in [-0.25, -0.2) is 4.79 Å². The summed E-state index contributed by atoms with van der Waals surface area (Å²) in [6.07, 6.45) is 7.95. The number of hydrogen-bond acceptors (Lipinski definition) is 7. The Morgan fingerprint density at radius 3 is 2.47 bits per heavy atom. The van der Waals surface area contributed by atoms with E-state index in [1.54, 1.807) is 0 Å². The number of nitrogens with zero attached hydrogens (tertiary/aromatic N) is 3. The number of hydrogen-bond donors (Lipinski definition) is 1. The Morgan fingerprint density at radius 2 is 1.83 bits per heavy atom. The molecule has 2 heterocycles. The quantitative estimate of drug-likeness (QED) is 0.347. The maximum Gasteiger partial charge on any atom is 0.333 e. The summed E-state index contributed by atoms with van der Waals surface area (Å²) in [5, 5.41) is 4.16. The van der Waals surface area contributed by atoms with Crippen LogP contribution >= 0.6 is 12.2 Å². The van der Waals surface area contributed by atoms with Crippen molar-refractivity contribution >= 4 is 41.3 Å². The number of benzene rings is 1. The Balaban J connectivity index is 1.63. The van der Waals surface area contributed by atoms with E-state index in [-0.39, 0.29) is 12.4 Å². The van der Waals surface area contributed by atoms with Crippen molar-refractivity contribution in [3.8, 4) is 17.2 Å². The van der Waals surface area contributed by atoms with E-state index >= 15 is 0 Å². The number of urea groups is 1. The van der Waals surface area contributed by atoms with Gasteiger partial charge in [-0.1, -0.05) is 19.3 Å². The fourth-order valence-electron chi connectivity index (χ4n) is 4.69. The summed E-state index contributed by atoms with van der Waals surface area (Å²) in [6.45, 7) is 0.621. The van der Waals surface area contributed by atoms with Crippen LogP contribution in [0.5, 0.6) is 17.2 Å². The molecule has 36 heavy (non-hydrogen) atoms. The van der Waals surface area contributed by atoms with Crippen LogP contribution in [0.25, 0.3) is 6.08 Å². The monoisotopic (exact) mass is 516 g/mol. The van der Waals surface area contributed by atoms with E-state index in [0.29, 0.717) is 46.9 Å². The van der Waals surface area contributed by atoms with E-state index in [1.165, 1.54) is 46.5 Å². The van der Waals surface area contributed by atoms with Crippen molar-refractivity contribution < 1.29 is 28.6 Å². The second-order valence-corrected chi connectivity index (χ2v) is 9.63. The highest BCUT2D eigenvalue weighted by atomic mass is 32.1. The number of methoxy groups -OCH3 is 1. The van der Waals surface area contributed by atoms with Gasteiger partial charge in [-0.3, -0.25) is 19.4 Å². The van der Waals surface area contributed by atoms with Crippen molar-refractivity contribution in [3.63, 3.8) is 0 Å². The summed E-state index contributed by atoms with van der Waals surface area (Å²) < 4.78 is 16.9. The van der Waals surface area contributed by atoms with Crippen LogP contribution in [0.1, 0.15) is 43.2 Å². The smallest absolute Gasteiger partial charge is 0.333 e. The third-order valence-electron chi connectivity index (χ3n) is 6.88. The lowest BCUT2D eigenvalue weighted by Crippen LogP contribution is -2.52. The van der Waals surface area contributed by atoms with Crippen molar-refractivity contribution in [3.05, 3.63) is 22.8 Å². The van der Waals surface area contributed by atoms with E-state index in [0.717, 1.165) is 28.2 Å². The van der Waals surface area contributed by atoms with Crippen LogP contribution in [0.2, 0.25) is 0 Å². The van der Waals surface area contributed by atoms with Gasteiger partial charge >= 0.3 is 6.03 Å². The van der Waals surface area contributed by atoms with Gasteiger partial charge in [-0.05, 0) is 49.2 Å². The van der Waals surface area contributed by atoms with E-state index < -0.39 is 17.8 Å². The molecule has 1 N–H and O–H groups in total. The zero-order valence-corrected chi connectivity index (χ0v) is 21.9. The first kappa shape index (κ1) is 25.7. The molecule has 4 amide bonds. The van der Waals surface area contributed by atoms with Crippen LogP contribution in [0.3, 0.4) is 0 Å². The molecule has 1 saturated carbocycles. The van der Waals surface area contributed by atoms with Crippen molar-refractivity contribution in [1.29, 1.82) is 0 Å². The molecule has 1 aromatic rings. The average Bonchev–Trinajstić information content (AvgIpc) is 3.35. The molecular weight excluding hydrogens is 484 g/mol. The molecule has 1 aromatic carbocycles. The summed E-state index contributed by atoms with van der Waals surface area (Å²) in [7, 11) is 6.11. The summed E-state index contributed by atoms with van der Waals surface area (Å²) in [6, 6.07) is 1.55. The summed E-state index contributed by atoms with van der Waals surface area (Å²) in [5.41, 5.74) is 1.17. The predicted molar refractivity (Wildman–Crippen MR) is 137 cm³/mol. The number of barbiturate groups is 1. The topological polar surface area (TPSA) is 101 Å². The number of ether oxygens (including phenoxy) is 3. The minimum absolute atomic E-state index is 0.0400. The third kappa shape index (κ3) is 4.97. The lowest BCUT2D eigenvalue weighted by Gasteiger charge is -2.29. The Morgan fingerprint density at radius 1 is 1.17 bits per heavy atom. The molecule has 3 aliphatic rings. The van der Waals surface area contributed by atoms with Crippen LogP contribution in [0.4, 0.5) is 4.79 Å². The molecule has 0 atom stereocenters. The molecule has 11 heteroatoms. The molecule has 0 unspecified atom stereocenters. The molecule has 194 valence electrons. The number of rotatable bonds is 6. The number of nitrogens with one attached hydrogen (secondary N) is 1. The van der Waals surface area contributed by atoms with Crippen molar-refractivity contribution in [1.82, 2.24) is 20.0 Å². The molecule has 0 radical (unpaired) electrons. The second-order valence-electron chi connectivity index (χ2n) is 9.24. The first-order chi connectivity index (χ1) is 17.2. The van der Waals surface area contributed by atoms with Crippen LogP contribution in [-0.4, -0.2) is 85.3 Å². The minimum atomic E-state index is -0.680. The Hall–Kier alpha value is -3.34. The van der Waals surface area contributed by atoms with Gasteiger partial charge in [-0.2, -0.15) is 0 Å². The molecule has 1 saturated heterocycles. The largest absolute Gasteiger partial charge is 0.492 e. The lowest BCUT2D eigenvalue weighted by atomic mass is 9.96. The van der Waals surface area contributed by atoms with Crippen molar-refractivity contribution in [2.45, 2.75) is 44.6 Å². The zero-order valence-electron chi connectivity index (χ0n) is 21.1. The number of fused-ring (bicyclic) bond motifs is 1. The van der Waals surface area contributed by atoms with Crippen LogP contribution in [0.15, 0.2) is 11.6 Å². The number of carbonyl (C=O) groups excluding carboxylic acids is 3. The predicted octanol–water partition coefficient (Wildman–Crippen LogP) is 2.54. The SMILES string of the molecule is COc1c(C=C2C(=O)N(C)C(=O)N(C)C2=O)c(CCN(C)C(=S)NC2CCCCC2)cc2c1OCO2. The molecule has 2 aliphatic heterocycles. The Labute approximate surface area is 216 Å². The second kappa shape index (κ2) is 10.7. The van der Waals surface area contributed by atoms with Crippen molar-refractivity contribution in [2.24, 2.45) is 0 Å². The van der Waals surface area contributed by atoms with Gasteiger partial charge in [0.1, 0.15) is 5.57 Å². The summed E-state index contributed by atoms with van der Waals surface area (Å²) in [5.74, 6) is -0.0573. The Bertz CT molecular complexity index is 1090. The third-order valence-corrected chi connectivity index (χ3v) is 7.31. The van der Waals surface area contributed by atoms with Gasteiger partial charge in [0.05, 0.1) is 7.11 Å². The van der Waals surface area contributed by atoms with Crippen LogP contribution in [-0.2, 0) is 16.0 Å². The molecule has 0 aromatic heterocycles. The summed E-state index contributed by atoms with van der Waals surface area (Å²) >= 11 is 5.63. The molecule has 10 nitrogen and oxygen atoms in total. The first-order valence-electron chi connectivity index (χ1n) is 12.1. The molecule has 0 spiro atoms. The number of carbonyl (C=O) groups is 3. The van der Waals surface area contributed by atoms with Gasteiger partial charge in [-0.15, -0.1) is 0 Å². The Kier molecular flexibility index (Phi) is 7.67. The normalized spacial score (nSPS) is 18.0.